The lowest BCUT2D eigenvalue weighted by molar-refractivity contribution is 0.407. The third-order valence-corrected chi connectivity index (χ3v) is 5.24. The summed E-state index contributed by atoms with van der Waals surface area (Å²) in [5.74, 6) is 0.897. The highest BCUT2D eigenvalue weighted by Crippen LogP contribution is 2.42. The van der Waals surface area contributed by atoms with Gasteiger partial charge in [0.15, 0.2) is 0 Å². The second-order valence-corrected chi connectivity index (χ2v) is 6.94. The molecule has 0 aliphatic carbocycles. The van der Waals surface area contributed by atoms with Crippen LogP contribution in [0.3, 0.4) is 0 Å². The Bertz CT molecular complexity index is 591. The molecule has 2 aromatic rings. The van der Waals surface area contributed by atoms with Crippen LogP contribution in [0.2, 0.25) is 0 Å². The first-order valence-corrected chi connectivity index (χ1v) is 8.63. The number of methoxy groups -OCH3 is 1. The molecular formula is C17H20BrNOS. The lowest BCUT2D eigenvalue weighted by atomic mass is 10.0. The van der Waals surface area contributed by atoms with Crippen molar-refractivity contribution < 1.29 is 4.74 Å². The molecule has 0 saturated heterocycles. The molecule has 2 rings (SSSR count). The van der Waals surface area contributed by atoms with Crippen LogP contribution in [-0.4, -0.2) is 13.2 Å². The number of ether oxygens (including phenoxy) is 1. The number of hydrogen-bond acceptors (Lipinski definition) is 3. The van der Waals surface area contributed by atoms with E-state index in [0.717, 1.165) is 22.2 Å². The number of thioether (sulfide) groups is 1. The number of para-hydroxylation sites is 1. The Morgan fingerprint density at radius 2 is 1.95 bits per heavy atom. The highest BCUT2D eigenvalue weighted by molar-refractivity contribution is 9.10. The Labute approximate surface area is 139 Å². The normalized spacial score (nSPS) is 13.7. The average Bonchev–Trinajstić information content (AvgIpc) is 2.52. The van der Waals surface area contributed by atoms with Gasteiger partial charge in [0, 0.05) is 21.0 Å². The molecule has 0 fully saturated rings. The standard InChI is InChI=1S/C17H20BrNOS/c1-3-15(19)17(14-9-4-5-10-16(14)20-2)21-13-8-6-7-12(18)11-13/h4-11,15,17H,3,19H2,1-2H3. The quantitative estimate of drug-likeness (QED) is 0.729. The first kappa shape index (κ1) is 16.4. The van der Waals surface area contributed by atoms with Crippen molar-refractivity contribution in [1.82, 2.24) is 0 Å². The summed E-state index contributed by atoms with van der Waals surface area (Å²) >= 11 is 5.30. The van der Waals surface area contributed by atoms with Gasteiger partial charge in [-0.15, -0.1) is 11.8 Å². The Morgan fingerprint density at radius 3 is 2.62 bits per heavy atom. The highest BCUT2D eigenvalue weighted by Gasteiger charge is 2.23. The van der Waals surface area contributed by atoms with Gasteiger partial charge in [0.2, 0.25) is 0 Å². The summed E-state index contributed by atoms with van der Waals surface area (Å²) in [5, 5.41) is 0.167. The van der Waals surface area contributed by atoms with E-state index in [1.165, 1.54) is 4.90 Å². The summed E-state index contributed by atoms with van der Waals surface area (Å²) in [6.07, 6.45) is 0.920. The molecule has 0 aliphatic heterocycles. The zero-order valence-electron chi connectivity index (χ0n) is 12.3. The van der Waals surface area contributed by atoms with E-state index in [1.807, 2.05) is 30.3 Å². The molecular weight excluding hydrogens is 346 g/mol. The smallest absolute Gasteiger partial charge is 0.123 e. The lowest BCUT2D eigenvalue weighted by Gasteiger charge is -2.24. The number of benzene rings is 2. The van der Waals surface area contributed by atoms with Gasteiger partial charge >= 0.3 is 0 Å². The molecule has 112 valence electrons. The summed E-state index contributed by atoms with van der Waals surface area (Å²) in [4.78, 5) is 1.20. The van der Waals surface area contributed by atoms with Crippen molar-refractivity contribution in [1.29, 1.82) is 0 Å². The van der Waals surface area contributed by atoms with E-state index in [1.54, 1.807) is 18.9 Å². The van der Waals surface area contributed by atoms with Gasteiger partial charge < -0.3 is 10.5 Å². The maximum atomic E-state index is 6.37. The minimum Gasteiger partial charge on any atom is -0.496 e. The fourth-order valence-corrected chi connectivity index (χ4v) is 4.07. The average molecular weight is 366 g/mol. The zero-order valence-corrected chi connectivity index (χ0v) is 14.7. The van der Waals surface area contributed by atoms with Crippen LogP contribution in [0.15, 0.2) is 57.9 Å². The molecule has 0 radical (unpaired) electrons. The van der Waals surface area contributed by atoms with E-state index in [2.05, 4.69) is 41.1 Å². The Balaban J connectivity index is 2.34. The Hall–Kier alpha value is -0.970. The van der Waals surface area contributed by atoms with Crippen molar-refractivity contribution in [2.75, 3.05) is 7.11 Å². The van der Waals surface area contributed by atoms with Gasteiger partial charge in [-0.05, 0) is 30.7 Å². The molecule has 0 aliphatic rings. The number of rotatable bonds is 6. The topological polar surface area (TPSA) is 35.2 Å². The lowest BCUT2D eigenvalue weighted by Crippen LogP contribution is -2.26. The van der Waals surface area contributed by atoms with Crippen LogP contribution in [-0.2, 0) is 0 Å². The number of nitrogens with two attached hydrogens (primary N) is 1. The third-order valence-electron chi connectivity index (χ3n) is 3.36. The van der Waals surface area contributed by atoms with Gasteiger partial charge in [-0.25, -0.2) is 0 Å². The van der Waals surface area contributed by atoms with Crippen LogP contribution < -0.4 is 10.5 Å². The molecule has 2 aromatic carbocycles. The van der Waals surface area contributed by atoms with Crippen molar-refractivity contribution in [3.8, 4) is 5.75 Å². The van der Waals surface area contributed by atoms with E-state index in [0.29, 0.717) is 0 Å². The summed E-state index contributed by atoms with van der Waals surface area (Å²) in [5.41, 5.74) is 7.52. The Kier molecular flexibility index (Phi) is 6.15. The van der Waals surface area contributed by atoms with Gasteiger partial charge in [0.25, 0.3) is 0 Å². The SMILES string of the molecule is CCC(N)C(Sc1cccc(Br)c1)c1ccccc1OC. The molecule has 2 unspecified atom stereocenters. The first-order valence-electron chi connectivity index (χ1n) is 6.96. The van der Waals surface area contributed by atoms with Crippen LogP contribution in [0.25, 0.3) is 0 Å². The molecule has 0 aromatic heterocycles. The van der Waals surface area contributed by atoms with Gasteiger partial charge in [-0.1, -0.05) is 47.1 Å². The highest BCUT2D eigenvalue weighted by atomic mass is 79.9. The number of hydrogen-bond donors (Lipinski definition) is 1. The van der Waals surface area contributed by atoms with Crippen LogP contribution in [0.1, 0.15) is 24.2 Å². The van der Waals surface area contributed by atoms with Crippen LogP contribution in [0.5, 0.6) is 5.75 Å². The fourth-order valence-electron chi connectivity index (χ4n) is 2.18. The fraction of sp³-hybridized carbons (Fsp3) is 0.294. The van der Waals surface area contributed by atoms with Gasteiger partial charge in [0.05, 0.1) is 12.4 Å². The van der Waals surface area contributed by atoms with E-state index in [4.69, 9.17) is 10.5 Å². The summed E-state index contributed by atoms with van der Waals surface area (Å²) in [6.45, 7) is 2.12. The molecule has 0 heterocycles. The Morgan fingerprint density at radius 1 is 1.19 bits per heavy atom. The molecule has 2 N–H and O–H groups in total. The minimum absolute atomic E-state index is 0.0743. The second kappa shape index (κ2) is 7.87. The van der Waals surface area contributed by atoms with Crippen molar-refractivity contribution in [2.24, 2.45) is 5.73 Å². The minimum atomic E-state index is 0.0743. The maximum Gasteiger partial charge on any atom is 0.123 e. The molecule has 2 nitrogen and oxygen atoms in total. The molecule has 21 heavy (non-hydrogen) atoms. The van der Waals surface area contributed by atoms with Crippen LogP contribution in [0.4, 0.5) is 0 Å². The third kappa shape index (κ3) is 4.25. The largest absolute Gasteiger partial charge is 0.496 e. The maximum absolute atomic E-state index is 6.37. The number of halogens is 1. The van der Waals surface area contributed by atoms with Crippen molar-refractivity contribution in [2.45, 2.75) is 29.5 Å². The van der Waals surface area contributed by atoms with E-state index in [9.17, 15) is 0 Å². The predicted molar refractivity (Wildman–Crippen MR) is 94.0 cm³/mol. The van der Waals surface area contributed by atoms with Crippen molar-refractivity contribution >= 4 is 27.7 Å². The molecule has 0 saturated carbocycles. The van der Waals surface area contributed by atoms with Gasteiger partial charge in [-0.3, -0.25) is 0 Å². The molecule has 2 atom stereocenters. The first-order chi connectivity index (χ1) is 10.2. The van der Waals surface area contributed by atoms with E-state index >= 15 is 0 Å². The predicted octanol–water partition coefficient (Wildman–Crippen LogP) is 5.03. The van der Waals surface area contributed by atoms with Crippen molar-refractivity contribution in [3.05, 3.63) is 58.6 Å². The van der Waals surface area contributed by atoms with E-state index < -0.39 is 0 Å². The molecule has 0 spiro atoms. The van der Waals surface area contributed by atoms with Gasteiger partial charge in [-0.2, -0.15) is 0 Å². The zero-order chi connectivity index (χ0) is 15.2. The molecule has 4 heteroatoms. The molecule has 0 amide bonds. The van der Waals surface area contributed by atoms with E-state index in [-0.39, 0.29) is 11.3 Å². The summed E-state index contributed by atoms with van der Waals surface area (Å²) in [6, 6.07) is 16.5. The van der Waals surface area contributed by atoms with Crippen molar-refractivity contribution in [3.63, 3.8) is 0 Å². The molecule has 0 bridgehead atoms. The monoisotopic (exact) mass is 365 g/mol. The van der Waals surface area contributed by atoms with Crippen LogP contribution in [0, 0.1) is 0 Å². The van der Waals surface area contributed by atoms with Gasteiger partial charge in [0.1, 0.15) is 5.75 Å². The second-order valence-electron chi connectivity index (χ2n) is 4.81. The summed E-state index contributed by atoms with van der Waals surface area (Å²) in [7, 11) is 1.71. The summed E-state index contributed by atoms with van der Waals surface area (Å²) < 4.78 is 6.58. The van der Waals surface area contributed by atoms with Crippen LogP contribution >= 0.6 is 27.7 Å².